The quantitative estimate of drug-likeness (QED) is 0.877. The summed E-state index contributed by atoms with van der Waals surface area (Å²) in [6.45, 7) is 4.12. The summed E-state index contributed by atoms with van der Waals surface area (Å²) in [5, 5.41) is 14.3. The fourth-order valence-corrected chi connectivity index (χ4v) is 1.67. The Kier molecular flexibility index (Phi) is 3.54. The Morgan fingerprint density at radius 3 is 2.59 bits per heavy atom. The van der Waals surface area contributed by atoms with E-state index in [1.54, 1.807) is 18.6 Å². The van der Waals surface area contributed by atoms with Gasteiger partial charge in [-0.2, -0.15) is 5.10 Å². The predicted molar refractivity (Wildman–Crippen MR) is 65.5 cm³/mol. The molecule has 90 valence electrons. The van der Waals surface area contributed by atoms with E-state index in [-0.39, 0.29) is 0 Å². The Hall–Kier alpha value is -1.68. The van der Waals surface area contributed by atoms with Crippen molar-refractivity contribution in [1.29, 1.82) is 0 Å². The maximum Gasteiger partial charge on any atom is 0.0860 e. The predicted octanol–water partition coefficient (Wildman–Crippen LogP) is 2.14. The Balaban J connectivity index is 2.07. The van der Waals surface area contributed by atoms with Crippen LogP contribution in [0.5, 0.6) is 0 Å². The van der Waals surface area contributed by atoms with Gasteiger partial charge in [-0.15, -0.1) is 0 Å². The van der Waals surface area contributed by atoms with Crippen LogP contribution in [0.25, 0.3) is 0 Å². The SMILES string of the molecule is CC(C)n1cc(C(O)Cc2ccncc2)cn1. The van der Waals surface area contributed by atoms with Crippen molar-refractivity contribution in [3.63, 3.8) is 0 Å². The lowest BCUT2D eigenvalue weighted by molar-refractivity contribution is 0.178. The molecule has 2 rings (SSSR count). The van der Waals surface area contributed by atoms with E-state index in [1.165, 1.54) is 0 Å². The molecule has 2 aromatic rings. The average Bonchev–Trinajstić information content (AvgIpc) is 2.79. The van der Waals surface area contributed by atoms with Crippen LogP contribution in [-0.2, 0) is 6.42 Å². The summed E-state index contributed by atoms with van der Waals surface area (Å²) < 4.78 is 1.85. The van der Waals surface area contributed by atoms with Gasteiger partial charge in [0.25, 0.3) is 0 Å². The maximum atomic E-state index is 10.1. The van der Waals surface area contributed by atoms with Crippen molar-refractivity contribution < 1.29 is 5.11 Å². The molecular weight excluding hydrogens is 214 g/mol. The van der Waals surface area contributed by atoms with Gasteiger partial charge in [-0.25, -0.2) is 0 Å². The van der Waals surface area contributed by atoms with Crippen LogP contribution in [0.15, 0.2) is 36.9 Å². The van der Waals surface area contributed by atoms with Crippen molar-refractivity contribution in [1.82, 2.24) is 14.8 Å². The lowest BCUT2D eigenvalue weighted by atomic mass is 10.1. The number of pyridine rings is 1. The first-order valence-corrected chi connectivity index (χ1v) is 5.78. The molecule has 0 amide bonds. The number of aliphatic hydroxyl groups is 1. The molecular formula is C13H17N3O. The molecule has 0 aliphatic rings. The van der Waals surface area contributed by atoms with Crippen molar-refractivity contribution in [3.8, 4) is 0 Å². The van der Waals surface area contributed by atoms with Crippen LogP contribution in [0.1, 0.15) is 37.1 Å². The summed E-state index contributed by atoms with van der Waals surface area (Å²) in [4.78, 5) is 3.95. The number of aliphatic hydroxyl groups excluding tert-OH is 1. The van der Waals surface area contributed by atoms with Crippen LogP contribution >= 0.6 is 0 Å². The number of rotatable bonds is 4. The number of hydrogen-bond donors (Lipinski definition) is 1. The van der Waals surface area contributed by atoms with Crippen LogP contribution in [0.2, 0.25) is 0 Å². The number of nitrogens with zero attached hydrogens (tertiary/aromatic N) is 3. The summed E-state index contributed by atoms with van der Waals surface area (Å²) in [6.07, 6.45) is 7.18. The van der Waals surface area contributed by atoms with E-state index in [9.17, 15) is 5.11 Å². The van der Waals surface area contributed by atoms with E-state index >= 15 is 0 Å². The molecule has 2 heterocycles. The average molecular weight is 231 g/mol. The molecule has 0 fully saturated rings. The van der Waals surface area contributed by atoms with Crippen LogP contribution < -0.4 is 0 Å². The van der Waals surface area contributed by atoms with Crippen LogP contribution in [0, 0.1) is 0 Å². The van der Waals surface area contributed by atoms with Crippen molar-refractivity contribution in [3.05, 3.63) is 48.0 Å². The molecule has 0 bridgehead atoms. The van der Waals surface area contributed by atoms with Gasteiger partial charge >= 0.3 is 0 Å². The molecule has 1 unspecified atom stereocenters. The summed E-state index contributed by atoms with van der Waals surface area (Å²) >= 11 is 0. The first-order valence-electron chi connectivity index (χ1n) is 5.78. The molecule has 0 aromatic carbocycles. The Labute approximate surface area is 101 Å². The van der Waals surface area contributed by atoms with Gasteiger partial charge in [0.05, 0.1) is 12.3 Å². The van der Waals surface area contributed by atoms with Gasteiger partial charge < -0.3 is 5.11 Å². The van der Waals surface area contributed by atoms with Gasteiger partial charge in [-0.1, -0.05) is 0 Å². The second-order valence-electron chi connectivity index (χ2n) is 4.42. The highest BCUT2D eigenvalue weighted by molar-refractivity contribution is 5.16. The van der Waals surface area contributed by atoms with Gasteiger partial charge in [0.15, 0.2) is 0 Å². The minimum atomic E-state index is -0.509. The van der Waals surface area contributed by atoms with E-state index in [0.717, 1.165) is 11.1 Å². The molecule has 1 atom stereocenters. The second-order valence-corrected chi connectivity index (χ2v) is 4.42. The summed E-state index contributed by atoms with van der Waals surface area (Å²) in [5.74, 6) is 0. The van der Waals surface area contributed by atoms with Gasteiger partial charge in [0, 0.05) is 36.6 Å². The fourth-order valence-electron chi connectivity index (χ4n) is 1.67. The van der Waals surface area contributed by atoms with Gasteiger partial charge in [-0.05, 0) is 31.5 Å². The zero-order chi connectivity index (χ0) is 12.3. The number of hydrogen-bond acceptors (Lipinski definition) is 3. The molecule has 4 nitrogen and oxygen atoms in total. The lowest BCUT2D eigenvalue weighted by Gasteiger charge is -2.08. The van der Waals surface area contributed by atoms with E-state index in [0.29, 0.717) is 12.5 Å². The zero-order valence-electron chi connectivity index (χ0n) is 10.1. The highest BCUT2D eigenvalue weighted by Gasteiger charge is 2.11. The third kappa shape index (κ3) is 2.91. The van der Waals surface area contributed by atoms with E-state index in [2.05, 4.69) is 23.9 Å². The highest BCUT2D eigenvalue weighted by atomic mass is 16.3. The molecule has 4 heteroatoms. The standard InChI is InChI=1S/C13H17N3O/c1-10(2)16-9-12(8-15-16)13(17)7-11-3-5-14-6-4-11/h3-6,8-10,13,17H,7H2,1-2H3. The minimum absolute atomic E-state index is 0.317. The third-order valence-electron chi connectivity index (χ3n) is 2.71. The molecule has 0 spiro atoms. The Morgan fingerprint density at radius 2 is 2.00 bits per heavy atom. The topological polar surface area (TPSA) is 50.9 Å². The monoisotopic (exact) mass is 231 g/mol. The van der Waals surface area contributed by atoms with Crippen LogP contribution in [0.4, 0.5) is 0 Å². The third-order valence-corrected chi connectivity index (χ3v) is 2.71. The van der Waals surface area contributed by atoms with Gasteiger partial charge in [0.2, 0.25) is 0 Å². The molecule has 1 N–H and O–H groups in total. The molecule has 0 aliphatic carbocycles. The fraction of sp³-hybridized carbons (Fsp3) is 0.385. The number of aromatic nitrogens is 3. The van der Waals surface area contributed by atoms with E-state index < -0.39 is 6.10 Å². The van der Waals surface area contributed by atoms with Gasteiger partial charge in [-0.3, -0.25) is 9.67 Å². The van der Waals surface area contributed by atoms with Gasteiger partial charge in [0.1, 0.15) is 0 Å². The normalized spacial score (nSPS) is 12.9. The molecule has 0 saturated heterocycles. The largest absolute Gasteiger partial charge is 0.388 e. The molecule has 0 saturated carbocycles. The first-order chi connectivity index (χ1) is 8.16. The lowest BCUT2D eigenvalue weighted by Crippen LogP contribution is -2.02. The van der Waals surface area contributed by atoms with E-state index in [1.807, 2.05) is 23.0 Å². The second kappa shape index (κ2) is 5.10. The maximum absolute atomic E-state index is 10.1. The Bertz CT molecular complexity index is 465. The van der Waals surface area contributed by atoms with E-state index in [4.69, 9.17) is 0 Å². The van der Waals surface area contributed by atoms with Crippen LogP contribution in [0.3, 0.4) is 0 Å². The summed E-state index contributed by atoms with van der Waals surface area (Å²) in [6, 6.07) is 4.14. The minimum Gasteiger partial charge on any atom is -0.388 e. The van der Waals surface area contributed by atoms with Crippen molar-refractivity contribution >= 4 is 0 Å². The molecule has 0 radical (unpaired) electrons. The Morgan fingerprint density at radius 1 is 1.29 bits per heavy atom. The van der Waals surface area contributed by atoms with Crippen molar-refractivity contribution in [2.75, 3.05) is 0 Å². The molecule has 2 aromatic heterocycles. The zero-order valence-corrected chi connectivity index (χ0v) is 10.1. The van der Waals surface area contributed by atoms with Crippen molar-refractivity contribution in [2.24, 2.45) is 0 Å². The summed E-state index contributed by atoms with van der Waals surface area (Å²) in [5.41, 5.74) is 1.93. The van der Waals surface area contributed by atoms with Crippen LogP contribution in [-0.4, -0.2) is 19.9 Å². The molecule has 0 aliphatic heterocycles. The highest BCUT2D eigenvalue weighted by Crippen LogP contribution is 2.18. The first kappa shape index (κ1) is 11.8. The van der Waals surface area contributed by atoms with Crippen molar-refractivity contribution in [2.45, 2.75) is 32.4 Å². The smallest absolute Gasteiger partial charge is 0.0860 e. The summed E-state index contributed by atoms with van der Waals surface area (Å²) in [7, 11) is 0. The molecule has 17 heavy (non-hydrogen) atoms.